The monoisotopic (exact) mass is 529 g/mol. The molecule has 2 aromatic carbocycles. The molecule has 6 heteroatoms. The summed E-state index contributed by atoms with van der Waals surface area (Å²) in [6.45, 7) is 13.6. The maximum atomic E-state index is 13.6. The van der Waals surface area contributed by atoms with Gasteiger partial charge in [-0.25, -0.2) is 0 Å². The Bertz CT molecular complexity index is 1290. The molecule has 200 valence electrons. The van der Waals surface area contributed by atoms with E-state index < -0.39 is 0 Å². The van der Waals surface area contributed by atoms with Gasteiger partial charge in [0.15, 0.2) is 0 Å². The van der Waals surface area contributed by atoms with Gasteiger partial charge in [-0.2, -0.15) is 0 Å². The Morgan fingerprint density at radius 1 is 0.947 bits per heavy atom. The van der Waals surface area contributed by atoms with E-state index in [9.17, 15) is 9.59 Å². The summed E-state index contributed by atoms with van der Waals surface area (Å²) >= 11 is 1.82. The number of hydrogen-bond acceptors (Lipinski definition) is 4. The van der Waals surface area contributed by atoms with Crippen molar-refractivity contribution in [3.8, 4) is 0 Å². The molecule has 3 heterocycles. The van der Waals surface area contributed by atoms with Crippen molar-refractivity contribution in [2.75, 3.05) is 32.7 Å². The van der Waals surface area contributed by atoms with Crippen LogP contribution in [0.4, 0.5) is 0 Å². The first-order chi connectivity index (χ1) is 18.1. The lowest BCUT2D eigenvalue weighted by molar-refractivity contribution is -0.135. The highest BCUT2D eigenvalue weighted by molar-refractivity contribution is 7.10. The molecular weight excluding hydrogens is 490 g/mol. The molecule has 1 fully saturated rings. The maximum absolute atomic E-state index is 13.6. The summed E-state index contributed by atoms with van der Waals surface area (Å²) in [7, 11) is 0. The van der Waals surface area contributed by atoms with Crippen molar-refractivity contribution in [2.45, 2.75) is 58.5 Å². The summed E-state index contributed by atoms with van der Waals surface area (Å²) in [6.07, 6.45) is 0.981. The molecule has 1 saturated heterocycles. The second-order valence-corrected chi connectivity index (χ2v) is 12.8. The Balaban J connectivity index is 1.25. The fourth-order valence-electron chi connectivity index (χ4n) is 5.72. The summed E-state index contributed by atoms with van der Waals surface area (Å²) in [5.74, 6) is 0.194. The Morgan fingerprint density at radius 2 is 1.66 bits per heavy atom. The minimum Gasteiger partial charge on any atom is -0.338 e. The van der Waals surface area contributed by atoms with Crippen molar-refractivity contribution in [1.29, 1.82) is 0 Å². The highest BCUT2D eigenvalue weighted by Gasteiger charge is 2.34. The zero-order valence-corrected chi connectivity index (χ0v) is 24.1. The zero-order chi connectivity index (χ0) is 27.0. The number of fused-ring (bicyclic) bond motifs is 1. The van der Waals surface area contributed by atoms with E-state index in [1.807, 2.05) is 33.3 Å². The van der Waals surface area contributed by atoms with Crippen LogP contribution < -0.4 is 0 Å². The van der Waals surface area contributed by atoms with Crippen molar-refractivity contribution in [1.82, 2.24) is 14.7 Å². The maximum Gasteiger partial charge on any atom is 0.254 e. The van der Waals surface area contributed by atoms with Crippen molar-refractivity contribution < 1.29 is 9.59 Å². The van der Waals surface area contributed by atoms with Crippen LogP contribution in [-0.4, -0.2) is 65.3 Å². The first-order valence-electron chi connectivity index (χ1n) is 13.7. The van der Waals surface area contributed by atoms with Gasteiger partial charge in [0.1, 0.15) is 0 Å². The normalized spacial score (nSPS) is 20.3. The molecule has 0 bridgehead atoms. The largest absolute Gasteiger partial charge is 0.338 e. The lowest BCUT2D eigenvalue weighted by atomic mass is 9.86. The number of aryl methyl sites for hydroxylation is 1. The number of carbonyl (C=O) groups excluding carboxylic acids is 2. The highest BCUT2D eigenvalue weighted by atomic mass is 32.1. The van der Waals surface area contributed by atoms with Crippen molar-refractivity contribution in [3.63, 3.8) is 0 Å². The first-order valence-corrected chi connectivity index (χ1v) is 14.6. The number of piperazine rings is 1. The van der Waals surface area contributed by atoms with Gasteiger partial charge >= 0.3 is 0 Å². The number of carbonyl (C=O) groups is 2. The molecule has 3 aromatic rings. The van der Waals surface area contributed by atoms with E-state index in [1.54, 1.807) is 0 Å². The zero-order valence-electron chi connectivity index (χ0n) is 23.2. The van der Waals surface area contributed by atoms with Gasteiger partial charge in [-0.15, -0.1) is 11.3 Å². The standard InChI is InChI=1S/C32H39N3O2S/c1-22-6-8-24(9-7-22)30-27-15-19-38-28(27)14-16-34(30)21-29(36)33-17-18-35(23(2)20-33)31(37)25-10-12-26(13-11-25)32(3,4)5/h6-13,15,19,23,30H,14,16-18,20-21H2,1-5H3/t23-,30+/m1/s1. The Morgan fingerprint density at radius 3 is 2.32 bits per heavy atom. The third kappa shape index (κ3) is 5.43. The van der Waals surface area contributed by atoms with Crippen LogP contribution in [0.5, 0.6) is 0 Å². The molecule has 0 unspecified atom stereocenters. The molecule has 0 N–H and O–H groups in total. The summed E-state index contributed by atoms with van der Waals surface area (Å²) in [5.41, 5.74) is 5.80. The van der Waals surface area contributed by atoms with Crippen molar-refractivity contribution in [3.05, 3.63) is 92.7 Å². The van der Waals surface area contributed by atoms with Crippen LogP contribution in [0.2, 0.25) is 0 Å². The van der Waals surface area contributed by atoms with Gasteiger partial charge in [0, 0.05) is 42.7 Å². The van der Waals surface area contributed by atoms with E-state index in [-0.39, 0.29) is 29.3 Å². The van der Waals surface area contributed by atoms with Gasteiger partial charge in [0.05, 0.1) is 12.6 Å². The predicted molar refractivity (Wildman–Crippen MR) is 155 cm³/mol. The third-order valence-corrected chi connectivity index (χ3v) is 9.03. The second-order valence-electron chi connectivity index (χ2n) is 11.8. The summed E-state index contributed by atoms with van der Waals surface area (Å²) in [5, 5.41) is 2.17. The van der Waals surface area contributed by atoms with Gasteiger partial charge in [-0.05, 0) is 66.0 Å². The molecular formula is C32H39N3O2S. The average molecular weight is 530 g/mol. The van der Waals surface area contributed by atoms with E-state index in [1.165, 1.54) is 27.1 Å². The highest BCUT2D eigenvalue weighted by Crippen LogP contribution is 2.37. The molecule has 0 aliphatic carbocycles. The van der Waals surface area contributed by atoms with E-state index in [0.717, 1.165) is 13.0 Å². The van der Waals surface area contributed by atoms with Crippen LogP contribution in [0.3, 0.4) is 0 Å². The Kier molecular flexibility index (Phi) is 7.47. The van der Waals surface area contributed by atoms with E-state index in [2.05, 4.69) is 87.4 Å². The number of nitrogens with zero attached hydrogens (tertiary/aromatic N) is 3. The van der Waals surface area contributed by atoms with Gasteiger partial charge in [-0.1, -0.05) is 62.7 Å². The molecule has 1 aromatic heterocycles. The van der Waals surface area contributed by atoms with E-state index in [4.69, 9.17) is 0 Å². The number of rotatable bonds is 4. The quantitative estimate of drug-likeness (QED) is 0.437. The summed E-state index contributed by atoms with van der Waals surface area (Å²) in [4.78, 5) is 34.5. The van der Waals surface area contributed by atoms with Gasteiger partial charge in [-0.3, -0.25) is 14.5 Å². The lowest BCUT2D eigenvalue weighted by Crippen LogP contribution is -2.57. The van der Waals surface area contributed by atoms with E-state index >= 15 is 0 Å². The fraction of sp³-hybridized carbons (Fsp3) is 0.438. The van der Waals surface area contributed by atoms with Crippen LogP contribution in [0, 0.1) is 6.92 Å². The van der Waals surface area contributed by atoms with Crippen LogP contribution in [0.15, 0.2) is 60.0 Å². The third-order valence-electron chi connectivity index (χ3n) is 8.04. The molecule has 5 nitrogen and oxygen atoms in total. The van der Waals surface area contributed by atoms with Crippen LogP contribution >= 0.6 is 11.3 Å². The minimum atomic E-state index is -0.0276. The molecule has 5 rings (SSSR count). The van der Waals surface area contributed by atoms with Crippen molar-refractivity contribution in [2.24, 2.45) is 0 Å². The molecule has 2 aliphatic heterocycles. The molecule has 0 spiro atoms. The second kappa shape index (κ2) is 10.7. The Hall–Kier alpha value is -2.96. The average Bonchev–Trinajstić information content (AvgIpc) is 3.37. The number of benzene rings is 2. The molecule has 0 saturated carbocycles. The predicted octanol–water partition coefficient (Wildman–Crippen LogP) is 5.67. The fourth-order valence-corrected chi connectivity index (χ4v) is 6.62. The van der Waals surface area contributed by atoms with Gasteiger partial charge in [0.25, 0.3) is 5.91 Å². The molecule has 2 atom stereocenters. The van der Waals surface area contributed by atoms with Crippen LogP contribution in [0.1, 0.15) is 71.2 Å². The Labute approximate surface area is 231 Å². The van der Waals surface area contributed by atoms with Crippen LogP contribution in [-0.2, 0) is 16.6 Å². The molecule has 38 heavy (non-hydrogen) atoms. The summed E-state index contributed by atoms with van der Waals surface area (Å²) in [6, 6.07) is 19.0. The lowest BCUT2D eigenvalue weighted by Gasteiger charge is -2.42. The van der Waals surface area contributed by atoms with Gasteiger partial charge in [0.2, 0.25) is 5.91 Å². The number of thiophene rings is 1. The minimum absolute atomic E-state index is 0.0276. The molecule has 0 radical (unpaired) electrons. The molecule has 2 aliphatic rings. The first kappa shape index (κ1) is 26.6. The molecule has 2 amide bonds. The SMILES string of the molecule is Cc1ccc([C@H]2c3ccsc3CCN2CC(=O)N2CCN(C(=O)c3ccc(C(C)(C)C)cc3)[C@H](C)C2)cc1. The van der Waals surface area contributed by atoms with Crippen molar-refractivity contribution >= 4 is 23.2 Å². The number of amides is 2. The smallest absolute Gasteiger partial charge is 0.254 e. The van der Waals surface area contributed by atoms with Gasteiger partial charge < -0.3 is 9.80 Å². The summed E-state index contributed by atoms with van der Waals surface area (Å²) < 4.78 is 0. The topological polar surface area (TPSA) is 43.9 Å². The van der Waals surface area contributed by atoms with Crippen LogP contribution in [0.25, 0.3) is 0 Å². The van der Waals surface area contributed by atoms with E-state index in [0.29, 0.717) is 31.7 Å². The number of hydrogen-bond donors (Lipinski definition) is 0.